The summed E-state index contributed by atoms with van der Waals surface area (Å²) in [5.74, 6) is 0.559. The molecule has 0 bridgehead atoms. The second-order valence-corrected chi connectivity index (χ2v) is 6.16. The van der Waals surface area contributed by atoms with Crippen LogP contribution in [-0.2, 0) is 17.8 Å². The topological polar surface area (TPSA) is 53.2 Å². The van der Waals surface area contributed by atoms with E-state index in [9.17, 15) is 4.79 Å². The Morgan fingerprint density at radius 2 is 2.19 bits per heavy atom. The van der Waals surface area contributed by atoms with E-state index < -0.39 is 0 Å². The first-order valence-electron chi connectivity index (χ1n) is 7.91. The number of carbonyl (C=O) groups excluding carboxylic acids is 1. The zero-order valence-electron chi connectivity index (χ0n) is 13.3. The molecule has 4 heteroatoms. The third kappa shape index (κ3) is 4.21. The third-order valence-electron chi connectivity index (χ3n) is 3.97. The molecule has 1 aromatic rings. The van der Waals surface area contributed by atoms with E-state index in [0.717, 1.165) is 25.9 Å². The van der Waals surface area contributed by atoms with Crippen molar-refractivity contribution in [1.29, 1.82) is 0 Å². The summed E-state index contributed by atoms with van der Waals surface area (Å²) in [6, 6.07) is 6.31. The normalized spacial score (nSPS) is 15.2. The molecule has 0 fully saturated rings. The van der Waals surface area contributed by atoms with Crippen LogP contribution in [0.1, 0.15) is 37.8 Å². The number of rotatable bonds is 6. The van der Waals surface area contributed by atoms with E-state index in [0.29, 0.717) is 5.92 Å². The molecule has 4 nitrogen and oxygen atoms in total. The van der Waals surface area contributed by atoms with Gasteiger partial charge in [-0.2, -0.15) is 0 Å². The van der Waals surface area contributed by atoms with Crippen LogP contribution in [0.25, 0.3) is 0 Å². The number of hydrogen-bond acceptors (Lipinski definition) is 3. The quantitative estimate of drug-likeness (QED) is 0.753. The first-order valence-corrected chi connectivity index (χ1v) is 7.91. The summed E-state index contributed by atoms with van der Waals surface area (Å²) in [6.07, 6.45) is 3.18. The van der Waals surface area contributed by atoms with Crippen molar-refractivity contribution in [3.05, 3.63) is 29.3 Å². The van der Waals surface area contributed by atoms with E-state index in [1.165, 1.54) is 23.2 Å². The Morgan fingerprint density at radius 3 is 2.90 bits per heavy atom. The number of anilines is 1. The minimum atomic E-state index is -0.130. The number of likely N-dealkylation sites (N-methyl/N-ethyl adjacent to an activating group) is 1. The van der Waals surface area contributed by atoms with Crippen LogP contribution in [0.4, 0.5) is 5.69 Å². The predicted octanol–water partition coefficient (Wildman–Crippen LogP) is 2.29. The number of aryl methyl sites for hydroxylation is 1. The highest BCUT2D eigenvalue weighted by Crippen LogP contribution is 2.26. The lowest BCUT2D eigenvalue weighted by Gasteiger charge is -2.23. The summed E-state index contributed by atoms with van der Waals surface area (Å²) < 4.78 is 0. The summed E-state index contributed by atoms with van der Waals surface area (Å²) >= 11 is 0. The van der Waals surface area contributed by atoms with Gasteiger partial charge in [0.05, 0.1) is 6.04 Å². The van der Waals surface area contributed by atoms with Crippen molar-refractivity contribution in [3.63, 3.8) is 0 Å². The van der Waals surface area contributed by atoms with Crippen molar-refractivity contribution in [3.8, 4) is 0 Å². The summed E-state index contributed by atoms with van der Waals surface area (Å²) in [5.41, 5.74) is 3.90. The first kappa shape index (κ1) is 15.8. The average Bonchev–Trinajstić information content (AvgIpc) is 2.50. The SMILES string of the molecule is CNC(=O)C(CC(C)C)NCc1cccc2c1NCCC2. The molecule has 1 heterocycles. The zero-order chi connectivity index (χ0) is 15.2. The minimum Gasteiger partial charge on any atom is -0.385 e. The van der Waals surface area contributed by atoms with Gasteiger partial charge in [-0.3, -0.25) is 4.79 Å². The Bertz CT molecular complexity index is 485. The molecule has 0 aliphatic carbocycles. The molecule has 21 heavy (non-hydrogen) atoms. The van der Waals surface area contributed by atoms with Crippen molar-refractivity contribution in [1.82, 2.24) is 10.6 Å². The molecule has 2 rings (SSSR count). The van der Waals surface area contributed by atoms with E-state index in [1.54, 1.807) is 7.05 Å². The molecule has 116 valence electrons. The van der Waals surface area contributed by atoms with E-state index in [2.05, 4.69) is 48.0 Å². The highest BCUT2D eigenvalue weighted by molar-refractivity contribution is 5.81. The van der Waals surface area contributed by atoms with Crippen LogP contribution in [0, 0.1) is 5.92 Å². The summed E-state index contributed by atoms with van der Waals surface area (Å²) in [7, 11) is 1.70. The largest absolute Gasteiger partial charge is 0.385 e. The zero-order valence-corrected chi connectivity index (χ0v) is 13.3. The number of nitrogens with one attached hydrogen (secondary N) is 3. The van der Waals surface area contributed by atoms with Gasteiger partial charge in [0.1, 0.15) is 0 Å². The van der Waals surface area contributed by atoms with Gasteiger partial charge in [-0.05, 0) is 36.3 Å². The van der Waals surface area contributed by atoms with E-state index in [4.69, 9.17) is 0 Å². The lowest BCUT2D eigenvalue weighted by molar-refractivity contribution is -0.123. The molecule has 1 aliphatic rings. The summed E-state index contributed by atoms with van der Waals surface area (Å²) in [5, 5.41) is 9.67. The molecule has 0 aromatic heterocycles. The van der Waals surface area contributed by atoms with Crippen LogP contribution < -0.4 is 16.0 Å². The molecule has 0 radical (unpaired) electrons. The van der Waals surface area contributed by atoms with Gasteiger partial charge >= 0.3 is 0 Å². The molecular formula is C17H27N3O. The maximum absolute atomic E-state index is 12.0. The molecule has 0 saturated heterocycles. The molecule has 1 amide bonds. The molecule has 1 atom stereocenters. The monoisotopic (exact) mass is 289 g/mol. The predicted molar refractivity (Wildman–Crippen MR) is 87.4 cm³/mol. The highest BCUT2D eigenvalue weighted by atomic mass is 16.2. The maximum Gasteiger partial charge on any atom is 0.236 e. The van der Waals surface area contributed by atoms with Crippen molar-refractivity contribution in [2.75, 3.05) is 18.9 Å². The van der Waals surface area contributed by atoms with E-state index in [1.807, 2.05) is 0 Å². The van der Waals surface area contributed by atoms with Gasteiger partial charge in [-0.25, -0.2) is 0 Å². The van der Waals surface area contributed by atoms with Gasteiger partial charge in [-0.15, -0.1) is 0 Å². The van der Waals surface area contributed by atoms with Gasteiger partial charge in [0.15, 0.2) is 0 Å². The number of para-hydroxylation sites is 1. The Labute approximate surface area is 127 Å². The lowest BCUT2D eigenvalue weighted by atomic mass is 9.98. The lowest BCUT2D eigenvalue weighted by Crippen LogP contribution is -2.43. The van der Waals surface area contributed by atoms with Crippen molar-refractivity contribution in [2.45, 2.75) is 45.7 Å². The fourth-order valence-corrected chi connectivity index (χ4v) is 2.89. The fraction of sp³-hybridized carbons (Fsp3) is 0.588. The van der Waals surface area contributed by atoms with Crippen LogP contribution in [0.2, 0.25) is 0 Å². The second-order valence-electron chi connectivity index (χ2n) is 6.16. The smallest absolute Gasteiger partial charge is 0.236 e. The van der Waals surface area contributed by atoms with Crippen molar-refractivity contribution < 1.29 is 4.79 Å². The van der Waals surface area contributed by atoms with Crippen LogP contribution in [-0.4, -0.2) is 25.5 Å². The molecule has 1 aliphatic heterocycles. The van der Waals surface area contributed by atoms with Crippen LogP contribution >= 0.6 is 0 Å². The van der Waals surface area contributed by atoms with Crippen LogP contribution in [0.3, 0.4) is 0 Å². The number of carbonyl (C=O) groups is 1. The van der Waals surface area contributed by atoms with Gasteiger partial charge < -0.3 is 16.0 Å². The van der Waals surface area contributed by atoms with Gasteiger partial charge in [0.25, 0.3) is 0 Å². The highest BCUT2D eigenvalue weighted by Gasteiger charge is 2.19. The van der Waals surface area contributed by atoms with Crippen molar-refractivity contribution >= 4 is 11.6 Å². The molecule has 1 aromatic carbocycles. The van der Waals surface area contributed by atoms with Crippen LogP contribution in [0.15, 0.2) is 18.2 Å². The summed E-state index contributed by atoms with van der Waals surface area (Å²) in [6.45, 7) is 6.04. The molecule has 0 saturated carbocycles. The van der Waals surface area contributed by atoms with E-state index in [-0.39, 0.29) is 11.9 Å². The molecular weight excluding hydrogens is 262 g/mol. The Hall–Kier alpha value is -1.55. The minimum absolute atomic E-state index is 0.0708. The molecule has 1 unspecified atom stereocenters. The van der Waals surface area contributed by atoms with Gasteiger partial charge in [0.2, 0.25) is 5.91 Å². The number of benzene rings is 1. The maximum atomic E-state index is 12.0. The molecule has 0 spiro atoms. The average molecular weight is 289 g/mol. The number of amides is 1. The first-order chi connectivity index (χ1) is 10.1. The summed E-state index contributed by atoms with van der Waals surface area (Å²) in [4.78, 5) is 12.0. The van der Waals surface area contributed by atoms with E-state index >= 15 is 0 Å². The van der Waals surface area contributed by atoms with Crippen molar-refractivity contribution in [2.24, 2.45) is 5.92 Å². The van der Waals surface area contributed by atoms with Gasteiger partial charge in [0, 0.05) is 25.8 Å². The Kier molecular flexibility index (Phi) is 5.62. The standard InChI is InChI=1S/C17H27N3O/c1-12(2)10-15(17(21)18-3)20-11-14-7-4-6-13-8-5-9-19-16(13)14/h4,6-7,12,15,19-20H,5,8-11H2,1-3H3,(H,18,21). The van der Waals surface area contributed by atoms with Gasteiger partial charge in [-0.1, -0.05) is 32.0 Å². The molecule has 3 N–H and O–H groups in total. The second kappa shape index (κ2) is 7.46. The Balaban J connectivity index is 2.05. The van der Waals surface area contributed by atoms with Crippen LogP contribution in [0.5, 0.6) is 0 Å². The third-order valence-corrected chi connectivity index (χ3v) is 3.97. The fourth-order valence-electron chi connectivity index (χ4n) is 2.89. The number of fused-ring (bicyclic) bond motifs is 1. The number of hydrogen-bond donors (Lipinski definition) is 3. The Morgan fingerprint density at radius 1 is 1.38 bits per heavy atom.